The van der Waals surface area contributed by atoms with Crippen molar-refractivity contribution in [3.05, 3.63) is 94.0 Å². The third-order valence-corrected chi connectivity index (χ3v) is 5.06. The fourth-order valence-corrected chi connectivity index (χ4v) is 3.30. The van der Waals surface area contributed by atoms with Gasteiger partial charge in [-0.2, -0.15) is 0 Å². The van der Waals surface area contributed by atoms with E-state index in [1.165, 1.54) is 6.07 Å². The van der Waals surface area contributed by atoms with Crippen LogP contribution in [-0.2, 0) is 6.54 Å². The molecule has 0 unspecified atom stereocenters. The van der Waals surface area contributed by atoms with Crippen molar-refractivity contribution in [1.29, 1.82) is 0 Å². The first-order valence-electron chi connectivity index (χ1n) is 9.21. The largest absolute Gasteiger partial charge is 0.478 e. The predicted octanol–water partition coefficient (Wildman–Crippen LogP) is 5.43. The second kappa shape index (κ2) is 9.39. The number of hydrogen-bond acceptors (Lipinski definition) is 3. The van der Waals surface area contributed by atoms with E-state index < -0.39 is 5.97 Å². The Balaban J connectivity index is 1.85. The van der Waals surface area contributed by atoms with Gasteiger partial charge in [0.1, 0.15) is 0 Å². The molecule has 0 saturated carbocycles. The van der Waals surface area contributed by atoms with E-state index in [0.717, 1.165) is 10.0 Å². The van der Waals surface area contributed by atoms with Crippen LogP contribution in [-0.4, -0.2) is 23.5 Å². The first-order valence-corrected chi connectivity index (χ1v) is 10.0. The van der Waals surface area contributed by atoms with Gasteiger partial charge in [-0.1, -0.05) is 46.3 Å². The van der Waals surface area contributed by atoms with Gasteiger partial charge < -0.3 is 15.3 Å². The van der Waals surface area contributed by atoms with Crippen molar-refractivity contribution in [1.82, 2.24) is 0 Å². The Labute approximate surface area is 178 Å². The summed E-state index contributed by atoms with van der Waals surface area (Å²) >= 11 is 3.34. The van der Waals surface area contributed by atoms with Gasteiger partial charge in [0.05, 0.1) is 11.3 Å². The fraction of sp³-hybridized carbons (Fsp3) is 0.130. The molecule has 3 rings (SSSR count). The molecule has 3 aromatic rings. The molecule has 0 saturated heterocycles. The topological polar surface area (TPSA) is 69.6 Å². The number of carbonyl (C=O) groups excluding carboxylic acids is 1. The summed E-state index contributed by atoms with van der Waals surface area (Å²) in [5.74, 6) is -1.33. The van der Waals surface area contributed by atoms with Gasteiger partial charge in [-0.25, -0.2) is 4.79 Å². The molecule has 0 aliphatic carbocycles. The number of rotatable bonds is 7. The van der Waals surface area contributed by atoms with Crippen molar-refractivity contribution in [3.8, 4) is 0 Å². The zero-order valence-corrected chi connectivity index (χ0v) is 17.5. The molecule has 0 aliphatic rings. The van der Waals surface area contributed by atoms with E-state index in [1.54, 1.807) is 36.4 Å². The molecule has 0 fully saturated rings. The van der Waals surface area contributed by atoms with Crippen LogP contribution in [0, 0.1) is 0 Å². The Morgan fingerprint density at radius 3 is 2.31 bits per heavy atom. The van der Waals surface area contributed by atoms with Gasteiger partial charge in [0.25, 0.3) is 5.91 Å². The van der Waals surface area contributed by atoms with E-state index in [0.29, 0.717) is 30.0 Å². The number of carboxylic acids is 1. The first-order chi connectivity index (χ1) is 14.0. The minimum absolute atomic E-state index is 0.149. The molecule has 0 atom stereocenters. The lowest BCUT2D eigenvalue weighted by atomic mass is 10.1. The average molecular weight is 453 g/mol. The van der Waals surface area contributed by atoms with Crippen molar-refractivity contribution in [2.75, 3.05) is 16.8 Å². The molecule has 0 radical (unpaired) electrons. The normalized spacial score (nSPS) is 10.4. The Bertz CT molecular complexity index is 1000. The number of nitrogens with zero attached hydrogens (tertiary/aromatic N) is 1. The van der Waals surface area contributed by atoms with Crippen molar-refractivity contribution in [2.45, 2.75) is 13.5 Å². The molecule has 3 aromatic carbocycles. The number of nitrogens with one attached hydrogen (secondary N) is 1. The van der Waals surface area contributed by atoms with Gasteiger partial charge >= 0.3 is 5.97 Å². The number of carboxylic acid groups (broad SMARTS) is 1. The van der Waals surface area contributed by atoms with Crippen LogP contribution in [0.25, 0.3) is 0 Å². The lowest BCUT2D eigenvalue weighted by Crippen LogP contribution is -2.24. The predicted molar refractivity (Wildman–Crippen MR) is 119 cm³/mol. The van der Waals surface area contributed by atoms with E-state index in [-0.39, 0.29) is 11.5 Å². The van der Waals surface area contributed by atoms with E-state index in [4.69, 9.17) is 0 Å². The average Bonchev–Trinajstić information content (AvgIpc) is 2.73. The minimum Gasteiger partial charge on any atom is -0.478 e. The lowest BCUT2D eigenvalue weighted by Gasteiger charge is -2.25. The number of anilines is 2. The summed E-state index contributed by atoms with van der Waals surface area (Å²) < 4.78 is 0.879. The monoisotopic (exact) mass is 452 g/mol. The van der Waals surface area contributed by atoms with Crippen molar-refractivity contribution in [3.63, 3.8) is 0 Å². The smallest absolute Gasteiger partial charge is 0.337 e. The van der Waals surface area contributed by atoms with Crippen molar-refractivity contribution < 1.29 is 14.7 Å². The third kappa shape index (κ3) is 5.23. The molecule has 0 bridgehead atoms. The van der Waals surface area contributed by atoms with Crippen molar-refractivity contribution >= 4 is 39.2 Å². The number of carbonyl (C=O) groups is 2. The van der Waals surface area contributed by atoms with E-state index in [9.17, 15) is 14.7 Å². The molecule has 6 heteroatoms. The molecule has 0 aliphatic heterocycles. The van der Waals surface area contributed by atoms with Crippen LogP contribution in [0.2, 0.25) is 0 Å². The third-order valence-electron chi connectivity index (χ3n) is 4.53. The van der Waals surface area contributed by atoms with Crippen LogP contribution in [0.1, 0.15) is 33.2 Å². The highest BCUT2D eigenvalue weighted by molar-refractivity contribution is 9.10. The molecule has 0 heterocycles. The summed E-state index contributed by atoms with van der Waals surface area (Å²) in [5.41, 5.74) is 2.79. The highest BCUT2D eigenvalue weighted by atomic mass is 79.9. The number of amides is 1. The standard InChI is InChI=1S/C23H21BrN2O3/c1-2-26(15-16-6-4-3-5-7-16)21-13-12-19(14-20(21)23(28)29)25-22(27)17-8-10-18(24)11-9-17/h3-14H,2,15H2,1H3,(H,25,27)(H,28,29). The number of hydrogen-bond donors (Lipinski definition) is 2. The number of benzene rings is 3. The van der Waals surface area contributed by atoms with Crippen LogP contribution in [0.3, 0.4) is 0 Å². The number of halogens is 1. The summed E-state index contributed by atoms with van der Waals surface area (Å²) in [6.07, 6.45) is 0. The maximum Gasteiger partial charge on any atom is 0.337 e. The van der Waals surface area contributed by atoms with Crippen LogP contribution >= 0.6 is 15.9 Å². The Morgan fingerprint density at radius 2 is 1.69 bits per heavy atom. The molecule has 148 valence electrons. The van der Waals surface area contributed by atoms with Gasteiger partial charge in [-0.15, -0.1) is 0 Å². The second-order valence-electron chi connectivity index (χ2n) is 6.50. The molecular weight excluding hydrogens is 432 g/mol. The summed E-state index contributed by atoms with van der Waals surface area (Å²) in [4.78, 5) is 26.3. The van der Waals surface area contributed by atoms with Crippen LogP contribution in [0.15, 0.2) is 77.3 Å². The fourth-order valence-electron chi connectivity index (χ4n) is 3.04. The van der Waals surface area contributed by atoms with E-state index >= 15 is 0 Å². The van der Waals surface area contributed by atoms with Gasteiger partial charge in [0.2, 0.25) is 0 Å². The SMILES string of the molecule is CCN(Cc1ccccc1)c1ccc(NC(=O)c2ccc(Br)cc2)cc1C(=O)O. The summed E-state index contributed by atoms with van der Waals surface area (Å²) in [7, 11) is 0. The Kier molecular flexibility index (Phi) is 6.67. The minimum atomic E-state index is -1.04. The summed E-state index contributed by atoms with van der Waals surface area (Å²) in [5, 5.41) is 12.5. The first kappa shape index (κ1) is 20.6. The van der Waals surface area contributed by atoms with Crippen LogP contribution in [0.5, 0.6) is 0 Å². The highest BCUT2D eigenvalue weighted by Crippen LogP contribution is 2.26. The van der Waals surface area contributed by atoms with Gasteiger partial charge in [-0.3, -0.25) is 4.79 Å². The Morgan fingerprint density at radius 1 is 1.00 bits per heavy atom. The second-order valence-corrected chi connectivity index (χ2v) is 7.41. The molecule has 0 aromatic heterocycles. The maximum absolute atomic E-state index is 12.4. The van der Waals surface area contributed by atoms with Crippen LogP contribution in [0.4, 0.5) is 11.4 Å². The summed E-state index contributed by atoms with van der Waals surface area (Å²) in [6, 6.07) is 21.8. The van der Waals surface area contributed by atoms with E-state index in [1.807, 2.05) is 42.2 Å². The molecule has 2 N–H and O–H groups in total. The number of aromatic carboxylic acids is 1. The van der Waals surface area contributed by atoms with Gasteiger partial charge in [0, 0.05) is 28.8 Å². The quantitative estimate of drug-likeness (QED) is 0.501. The molecule has 5 nitrogen and oxygen atoms in total. The van der Waals surface area contributed by atoms with Crippen LogP contribution < -0.4 is 10.2 Å². The molecule has 1 amide bonds. The molecule has 29 heavy (non-hydrogen) atoms. The van der Waals surface area contributed by atoms with Crippen molar-refractivity contribution in [2.24, 2.45) is 0 Å². The van der Waals surface area contributed by atoms with Gasteiger partial charge in [0.15, 0.2) is 0 Å². The zero-order chi connectivity index (χ0) is 20.8. The summed E-state index contributed by atoms with van der Waals surface area (Å²) in [6.45, 7) is 3.24. The zero-order valence-electron chi connectivity index (χ0n) is 15.9. The maximum atomic E-state index is 12.4. The Hall–Kier alpha value is -3.12. The molecular formula is C23H21BrN2O3. The molecule has 0 spiro atoms. The lowest BCUT2D eigenvalue weighted by molar-refractivity contribution is 0.0697. The highest BCUT2D eigenvalue weighted by Gasteiger charge is 2.17. The van der Waals surface area contributed by atoms with E-state index in [2.05, 4.69) is 21.2 Å². The van der Waals surface area contributed by atoms with Gasteiger partial charge in [-0.05, 0) is 55.0 Å².